The third-order valence-electron chi connectivity index (χ3n) is 3.45. The lowest BCUT2D eigenvalue weighted by Gasteiger charge is -2.08. The van der Waals surface area contributed by atoms with Gasteiger partial charge in [-0.3, -0.25) is 4.79 Å². The van der Waals surface area contributed by atoms with Gasteiger partial charge in [-0.15, -0.1) is 0 Å². The fourth-order valence-corrected chi connectivity index (χ4v) is 2.26. The van der Waals surface area contributed by atoms with Crippen molar-refractivity contribution in [2.24, 2.45) is 0 Å². The van der Waals surface area contributed by atoms with Crippen molar-refractivity contribution < 1.29 is 14.7 Å². The Morgan fingerprint density at radius 1 is 1.13 bits per heavy atom. The second-order valence-corrected chi connectivity index (χ2v) is 5.54. The molecular weight excluding hydrogens is 314 g/mol. The monoisotopic (exact) mass is 329 g/mol. The van der Waals surface area contributed by atoms with Crippen LogP contribution in [-0.2, 0) is 4.79 Å². The molecule has 2 N–H and O–H groups in total. The smallest absolute Gasteiger partial charge is 0.337 e. The van der Waals surface area contributed by atoms with E-state index in [-0.39, 0.29) is 16.3 Å². The Labute approximate surface area is 139 Å². The molecule has 0 aliphatic heterocycles. The van der Waals surface area contributed by atoms with Crippen LogP contribution in [0.2, 0.25) is 5.02 Å². The maximum Gasteiger partial charge on any atom is 0.337 e. The molecule has 5 heteroatoms. The molecule has 2 aromatic rings. The summed E-state index contributed by atoms with van der Waals surface area (Å²) in [5.74, 6) is -1.60. The van der Waals surface area contributed by atoms with E-state index in [1.807, 2.05) is 32.0 Å². The molecule has 118 valence electrons. The maximum atomic E-state index is 12.0. The number of aromatic carboxylic acids is 1. The molecule has 2 aromatic carbocycles. The summed E-state index contributed by atoms with van der Waals surface area (Å²) in [6, 6.07) is 10.3. The minimum atomic E-state index is -1.15. The molecule has 0 unspecified atom stereocenters. The van der Waals surface area contributed by atoms with Gasteiger partial charge in [0.25, 0.3) is 0 Å². The highest BCUT2D eigenvalue weighted by molar-refractivity contribution is 6.34. The minimum absolute atomic E-state index is 0.0505. The van der Waals surface area contributed by atoms with Gasteiger partial charge in [0.1, 0.15) is 0 Å². The van der Waals surface area contributed by atoms with Gasteiger partial charge in [0.2, 0.25) is 5.91 Å². The highest BCUT2D eigenvalue weighted by Crippen LogP contribution is 2.26. The average Bonchev–Trinajstić information content (AvgIpc) is 2.50. The van der Waals surface area contributed by atoms with E-state index in [9.17, 15) is 9.59 Å². The zero-order valence-electron chi connectivity index (χ0n) is 12.8. The van der Waals surface area contributed by atoms with E-state index in [4.69, 9.17) is 16.7 Å². The molecule has 0 atom stereocenters. The summed E-state index contributed by atoms with van der Waals surface area (Å²) in [5.41, 5.74) is 3.24. The van der Waals surface area contributed by atoms with Gasteiger partial charge < -0.3 is 10.4 Å². The summed E-state index contributed by atoms with van der Waals surface area (Å²) < 4.78 is 0. The van der Waals surface area contributed by atoms with Gasteiger partial charge in [-0.1, -0.05) is 35.9 Å². The molecule has 0 saturated heterocycles. The summed E-state index contributed by atoms with van der Waals surface area (Å²) in [7, 11) is 0. The summed E-state index contributed by atoms with van der Waals surface area (Å²) in [6.07, 6.45) is 3.01. The predicted molar refractivity (Wildman–Crippen MR) is 92.0 cm³/mol. The molecule has 2 rings (SSSR count). The second kappa shape index (κ2) is 7.11. The number of hydrogen-bond acceptors (Lipinski definition) is 2. The van der Waals surface area contributed by atoms with Gasteiger partial charge in [-0.25, -0.2) is 4.79 Å². The SMILES string of the molecule is Cc1ccc(/C=C/C(=O)Nc2c(Cl)cccc2C(=O)O)cc1C. The Hall–Kier alpha value is -2.59. The normalized spacial score (nSPS) is 10.7. The van der Waals surface area contributed by atoms with E-state index < -0.39 is 11.9 Å². The molecule has 0 radical (unpaired) electrons. The molecule has 0 bridgehead atoms. The molecule has 0 aliphatic rings. The Balaban J connectivity index is 2.18. The van der Waals surface area contributed by atoms with Crippen LogP contribution < -0.4 is 5.32 Å². The van der Waals surface area contributed by atoms with Crippen molar-refractivity contribution in [1.29, 1.82) is 0 Å². The number of carbonyl (C=O) groups excluding carboxylic acids is 1. The lowest BCUT2D eigenvalue weighted by Crippen LogP contribution is -2.12. The van der Waals surface area contributed by atoms with Crippen molar-refractivity contribution in [2.45, 2.75) is 13.8 Å². The summed E-state index contributed by atoms with van der Waals surface area (Å²) in [6.45, 7) is 4.01. The largest absolute Gasteiger partial charge is 0.478 e. The van der Waals surface area contributed by atoms with Crippen LogP contribution in [0, 0.1) is 13.8 Å². The molecule has 0 aromatic heterocycles. The van der Waals surface area contributed by atoms with Crippen molar-refractivity contribution >= 4 is 35.2 Å². The van der Waals surface area contributed by atoms with E-state index in [0.29, 0.717) is 0 Å². The minimum Gasteiger partial charge on any atom is -0.478 e. The number of rotatable bonds is 4. The first kappa shape index (κ1) is 16.8. The molecule has 1 amide bonds. The van der Waals surface area contributed by atoms with Crippen LogP contribution in [0.4, 0.5) is 5.69 Å². The number of hydrogen-bond donors (Lipinski definition) is 2. The lowest BCUT2D eigenvalue weighted by molar-refractivity contribution is -0.111. The van der Waals surface area contributed by atoms with Gasteiger partial charge in [0.15, 0.2) is 0 Å². The predicted octanol–water partition coefficient (Wildman–Crippen LogP) is 4.31. The van der Waals surface area contributed by atoms with Crippen LogP contribution in [0.15, 0.2) is 42.5 Å². The number of para-hydroxylation sites is 1. The number of carboxylic acids is 1. The first-order valence-electron chi connectivity index (χ1n) is 6.96. The number of carboxylic acid groups (broad SMARTS) is 1. The molecule has 4 nitrogen and oxygen atoms in total. The Bertz CT molecular complexity index is 797. The highest BCUT2D eigenvalue weighted by Gasteiger charge is 2.14. The van der Waals surface area contributed by atoms with Gasteiger partial charge >= 0.3 is 5.97 Å². The number of nitrogens with one attached hydrogen (secondary N) is 1. The van der Waals surface area contributed by atoms with Crippen LogP contribution in [0.5, 0.6) is 0 Å². The number of benzene rings is 2. The van der Waals surface area contributed by atoms with E-state index in [1.165, 1.54) is 29.8 Å². The molecular formula is C18H16ClNO3. The van der Waals surface area contributed by atoms with E-state index >= 15 is 0 Å². The zero-order valence-corrected chi connectivity index (χ0v) is 13.5. The zero-order chi connectivity index (χ0) is 17.0. The highest BCUT2D eigenvalue weighted by atomic mass is 35.5. The van der Waals surface area contributed by atoms with Crippen molar-refractivity contribution in [3.8, 4) is 0 Å². The van der Waals surface area contributed by atoms with Crippen LogP contribution in [0.25, 0.3) is 6.08 Å². The fraction of sp³-hybridized carbons (Fsp3) is 0.111. The number of anilines is 1. The molecule has 0 fully saturated rings. The van der Waals surface area contributed by atoms with E-state index in [2.05, 4.69) is 5.32 Å². The van der Waals surface area contributed by atoms with Crippen LogP contribution in [0.1, 0.15) is 27.0 Å². The summed E-state index contributed by atoms with van der Waals surface area (Å²) in [5, 5.41) is 11.8. The molecule has 0 saturated carbocycles. The average molecular weight is 330 g/mol. The number of halogens is 1. The first-order chi connectivity index (χ1) is 10.9. The molecule has 0 heterocycles. The molecule has 0 spiro atoms. The first-order valence-corrected chi connectivity index (χ1v) is 7.34. The van der Waals surface area contributed by atoms with Gasteiger partial charge in [0, 0.05) is 6.08 Å². The van der Waals surface area contributed by atoms with Crippen molar-refractivity contribution in [2.75, 3.05) is 5.32 Å². The molecule has 0 aliphatic carbocycles. The Kier molecular flexibility index (Phi) is 5.19. The summed E-state index contributed by atoms with van der Waals surface area (Å²) in [4.78, 5) is 23.2. The van der Waals surface area contributed by atoms with Crippen LogP contribution in [0.3, 0.4) is 0 Å². The van der Waals surface area contributed by atoms with E-state index in [1.54, 1.807) is 6.08 Å². The lowest BCUT2D eigenvalue weighted by atomic mass is 10.1. The van der Waals surface area contributed by atoms with Crippen LogP contribution >= 0.6 is 11.6 Å². The van der Waals surface area contributed by atoms with Crippen molar-refractivity contribution in [3.63, 3.8) is 0 Å². The number of aryl methyl sites for hydroxylation is 2. The van der Waals surface area contributed by atoms with Crippen LogP contribution in [-0.4, -0.2) is 17.0 Å². The quantitative estimate of drug-likeness (QED) is 0.821. The maximum absolute atomic E-state index is 12.0. The molecule has 23 heavy (non-hydrogen) atoms. The second-order valence-electron chi connectivity index (χ2n) is 5.13. The Morgan fingerprint density at radius 3 is 2.52 bits per heavy atom. The number of amides is 1. The van der Waals surface area contributed by atoms with Crippen molar-refractivity contribution in [1.82, 2.24) is 0 Å². The topological polar surface area (TPSA) is 66.4 Å². The fourth-order valence-electron chi connectivity index (χ4n) is 2.03. The van der Waals surface area contributed by atoms with Crippen molar-refractivity contribution in [3.05, 3.63) is 69.8 Å². The third-order valence-corrected chi connectivity index (χ3v) is 3.77. The van der Waals surface area contributed by atoms with E-state index in [0.717, 1.165) is 11.1 Å². The summed E-state index contributed by atoms with van der Waals surface area (Å²) >= 11 is 5.97. The number of carbonyl (C=O) groups is 2. The van der Waals surface area contributed by atoms with Gasteiger partial charge in [-0.2, -0.15) is 0 Å². The standard InChI is InChI=1S/C18H16ClNO3/c1-11-6-7-13(10-12(11)2)8-9-16(21)20-17-14(18(22)23)4-3-5-15(17)19/h3-10H,1-2H3,(H,20,21)(H,22,23)/b9-8+. The van der Waals surface area contributed by atoms with Gasteiger partial charge in [0.05, 0.1) is 16.3 Å². The van der Waals surface area contributed by atoms with Gasteiger partial charge in [-0.05, 0) is 48.7 Å². The third kappa shape index (κ3) is 4.20. The Morgan fingerprint density at radius 2 is 1.87 bits per heavy atom.